The number of phenols is 1. The fourth-order valence-corrected chi connectivity index (χ4v) is 3.70. The maximum absolute atomic E-state index is 12.9. The molecule has 2 aliphatic heterocycles. The van der Waals surface area contributed by atoms with E-state index in [4.69, 9.17) is 14.2 Å². The van der Waals surface area contributed by atoms with Gasteiger partial charge in [-0.3, -0.25) is 9.78 Å². The van der Waals surface area contributed by atoms with E-state index in [2.05, 4.69) is 4.98 Å². The van der Waals surface area contributed by atoms with Gasteiger partial charge in [0, 0.05) is 51.0 Å². The summed E-state index contributed by atoms with van der Waals surface area (Å²) in [6, 6.07) is 8.58. The zero-order valence-corrected chi connectivity index (χ0v) is 16.3. The summed E-state index contributed by atoms with van der Waals surface area (Å²) in [5.41, 5.74) is 0.543. The topological polar surface area (TPSA) is 81.1 Å². The van der Waals surface area contributed by atoms with Crippen LogP contribution in [0.2, 0.25) is 0 Å². The molecule has 0 radical (unpaired) electrons. The van der Waals surface area contributed by atoms with E-state index in [9.17, 15) is 9.90 Å². The molecule has 4 rings (SSSR count). The van der Waals surface area contributed by atoms with E-state index < -0.39 is 0 Å². The van der Waals surface area contributed by atoms with Crippen LogP contribution in [0, 0.1) is 0 Å². The predicted octanol–water partition coefficient (Wildman–Crippen LogP) is 3.03. The van der Waals surface area contributed by atoms with Gasteiger partial charge >= 0.3 is 0 Å². The highest BCUT2D eigenvalue weighted by molar-refractivity contribution is 5.94. The molecule has 0 bridgehead atoms. The Balaban J connectivity index is 1.31. The Bertz CT molecular complexity index is 829. The summed E-state index contributed by atoms with van der Waals surface area (Å²) < 4.78 is 17.3. The highest BCUT2D eigenvalue weighted by Crippen LogP contribution is 2.24. The van der Waals surface area contributed by atoms with Gasteiger partial charge in [-0.2, -0.15) is 0 Å². The molecule has 2 fully saturated rings. The number of phenolic OH excluding ortho intramolecular Hbond substituents is 1. The molecule has 1 N–H and O–H groups in total. The number of hydrogen-bond donors (Lipinski definition) is 1. The predicted molar refractivity (Wildman–Crippen MR) is 106 cm³/mol. The zero-order chi connectivity index (χ0) is 20.1. The van der Waals surface area contributed by atoms with Gasteiger partial charge in [-0.05, 0) is 18.2 Å². The number of carbonyl (C=O) groups excluding carboxylic acids is 1. The number of amides is 1. The molecule has 29 heavy (non-hydrogen) atoms. The fraction of sp³-hybridized carbons (Fsp3) is 0.455. The average molecular weight is 398 g/mol. The largest absolute Gasteiger partial charge is 0.508 e. The number of nitrogens with zero attached hydrogens (tertiary/aromatic N) is 2. The first-order valence-electron chi connectivity index (χ1n) is 10.1. The molecule has 1 aromatic carbocycles. The van der Waals surface area contributed by atoms with Crippen LogP contribution in [0.1, 0.15) is 36.0 Å². The Hall–Kier alpha value is -2.80. The number of aromatic nitrogens is 1. The van der Waals surface area contributed by atoms with Crippen LogP contribution in [0.25, 0.3) is 0 Å². The van der Waals surface area contributed by atoms with Gasteiger partial charge < -0.3 is 24.2 Å². The molecule has 3 heterocycles. The molecule has 0 spiro atoms. The highest BCUT2D eigenvalue weighted by atomic mass is 16.5. The number of benzene rings is 1. The van der Waals surface area contributed by atoms with Gasteiger partial charge in [0.25, 0.3) is 5.91 Å². The molecule has 7 nitrogen and oxygen atoms in total. The summed E-state index contributed by atoms with van der Waals surface area (Å²) in [7, 11) is 0. The third-order valence-corrected chi connectivity index (χ3v) is 5.28. The standard InChI is InChI=1S/C22H26N2O5/c25-17-2-1-3-20(13-17)28-18-4-8-24(9-5-18)22(26)16-12-21(15-23-14-16)29-19-6-10-27-11-7-19/h1-3,12-15,18-19,25H,4-11H2. The van der Waals surface area contributed by atoms with Gasteiger partial charge in [0.1, 0.15) is 29.5 Å². The molecule has 154 valence electrons. The second-order valence-electron chi connectivity index (χ2n) is 7.45. The number of aromatic hydroxyl groups is 1. The van der Waals surface area contributed by atoms with E-state index in [-0.39, 0.29) is 23.9 Å². The smallest absolute Gasteiger partial charge is 0.255 e. The second kappa shape index (κ2) is 9.13. The van der Waals surface area contributed by atoms with Crippen LogP contribution < -0.4 is 9.47 Å². The Kier molecular flexibility index (Phi) is 6.14. The van der Waals surface area contributed by atoms with Gasteiger partial charge in [-0.15, -0.1) is 0 Å². The minimum atomic E-state index is -0.0364. The summed E-state index contributed by atoms with van der Waals surface area (Å²) >= 11 is 0. The minimum Gasteiger partial charge on any atom is -0.508 e. The highest BCUT2D eigenvalue weighted by Gasteiger charge is 2.25. The molecule has 2 aliphatic rings. The average Bonchev–Trinajstić information content (AvgIpc) is 2.75. The van der Waals surface area contributed by atoms with Gasteiger partial charge in [0.05, 0.1) is 25.0 Å². The summed E-state index contributed by atoms with van der Waals surface area (Å²) in [6.07, 6.45) is 6.58. The lowest BCUT2D eigenvalue weighted by Gasteiger charge is -2.32. The van der Waals surface area contributed by atoms with E-state index in [1.165, 1.54) is 0 Å². The number of carbonyl (C=O) groups is 1. The van der Waals surface area contributed by atoms with Crippen molar-refractivity contribution in [2.75, 3.05) is 26.3 Å². The van der Waals surface area contributed by atoms with E-state index >= 15 is 0 Å². The first-order valence-corrected chi connectivity index (χ1v) is 10.1. The Morgan fingerprint density at radius 3 is 2.48 bits per heavy atom. The summed E-state index contributed by atoms with van der Waals surface area (Å²) in [4.78, 5) is 18.9. The van der Waals surface area contributed by atoms with Crippen LogP contribution in [-0.4, -0.2) is 59.4 Å². The molecular weight excluding hydrogens is 372 g/mol. The van der Waals surface area contributed by atoms with E-state index in [0.29, 0.717) is 43.4 Å². The molecule has 0 unspecified atom stereocenters. The summed E-state index contributed by atoms with van der Waals surface area (Å²) in [5, 5.41) is 9.55. The van der Waals surface area contributed by atoms with Crippen molar-refractivity contribution in [2.45, 2.75) is 37.9 Å². The third kappa shape index (κ3) is 5.17. The summed E-state index contributed by atoms with van der Waals surface area (Å²) in [5.74, 6) is 1.43. The minimum absolute atomic E-state index is 0.0298. The zero-order valence-electron chi connectivity index (χ0n) is 16.3. The molecule has 2 saturated heterocycles. The van der Waals surface area contributed by atoms with Crippen molar-refractivity contribution in [1.82, 2.24) is 9.88 Å². The van der Waals surface area contributed by atoms with Gasteiger partial charge in [0.2, 0.25) is 0 Å². The second-order valence-corrected chi connectivity index (χ2v) is 7.45. The Morgan fingerprint density at radius 1 is 1.00 bits per heavy atom. The Labute approximate surface area is 170 Å². The summed E-state index contributed by atoms with van der Waals surface area (Å²) in [6.45, 7) is 2.65. The number of likely N-dealkylation sites (tertiary alicyclic amines) is 1. The molecule has 0 atom stereocenters. The monoisotopic (exact) mass is 398 g/mol. The quantitative estimate of drug-likeness (QED) is 0.834. The van der Waals surface area contributed by atoms with Crippen LogP contribution in [-0.2, 0) is 4.74 Å². The van der Waals surface area contributed by atoms with Gasteiger partial charge in [-0.25, -0.2) is 0 Å². The van der Waals surface area contributed by atoms with E-state index in [0.717, 1.165) is 25.7 Å². The first-order chi connectivity index (χ1) is 14.2. The van der Waals surface area contributed by atoms with Crippen LogP contribution in [0.3, 0.4) is 0 Å². The van der Waals surface area contributed by atoms with E-state index in [1.54, 1.807) is 36.7 Å². The van der Waals surface area contributed by atoms with Crippen molar-refractivity contribution in [3.05, 3.63) is 48.3 Å². The fourth-order valence-electron chi connectivity index (χ4n) is 3.70. The number of pyridine rings is 1. The van der Waals surface area contributed by atoms with Crippen molar-refractivity contribution in [3.63, 3.8) is 0 Å². The van der Waals surface area contributed by atoms with Gasteiger partial charge in [-0.1, -0.05) is 6.07 Å². The molecular formula is C22H26N2O5. The number of hydrogen-bond acceptors (Lipinski definition) is 6. The van der Waals surface area contributed by atoms with Crippen LogP contribution >= 0.6 is 0 Å². The SMILES string of the molecule is O=C(c1cncc(OC2CCOCC2)c1)N1CCC(Oc2cccc(O)c2)CC1. The molecule has 0 saturated carbocycles. The Morgan fingerprint density at radius 2 is 1.72 bits per heavy atom. The normalized spacial score (nSPS) is 18.4. The lowest BCUT2D eigenvalue weighted by molar-refractivity contribution is 0.0253. The lowest BCUT2D eigenvalue weighted by Crippen LogP contribution is -2.41. The molecule has 1 amide bonds. The molecule has 0 aliphatic carbocycles. The van der Waals surface area contributed by atoms with Crippen molar-refractivity contribution in [3.8, 4) is 17.2 Å². The van der Waals surface area contributed by atoms with Crippen molar-refractivity contribution >= 4 is 5.91 Å². The molecule has 7 heteroatoms. The third-order valence-electron chi connectivity index (χ3n) is 5.28. The number of piperidine rings is 1. The van der Waals surface area contributed by atoms with Crippen LogP contribution in [0.4, 0.5) is 0 Å². The van der Waals surface area contributed by atoms with Crippen molar-refractivity contribution < 1.29 is 24.1 Å². The van der Waals surface area contributed by atoms with Crippen molar-refractivity contribution in [2.24, 2.45) is 0 Å². The number of rotatable bonds is 5. The maximum Gasteiger partial charge on any atom is 0.255 e. The maximum atomic E-state index is 12.9. The first kappa shape index (κ1) is 19.5. The van der Waals surface area contributed by atoms with Crippen LogP contribution in [0.5, 0.6) is 17.2 Å². The molecule has 1 aromatic heterocycles. The van der Waals surface area contributed by atoms with Gasteiger partial charge in [0.15, 0.2) is 0 Å². The van der Waals surface area contributed by atoms with Crippen molar-refractivity contribution in [1.29, 1.82) is 0 Å². The van der Waals surface area contributed by atoms with Crippen LogP contribution in [0.15, 0.2) is 42.7 Å². The van der Waals surface area contributed by atoms with E-state index in [1.807, 2.05) is 11.0 Å². The molecule has 2 aromatic rings. The number of ether oxygens (including phenoxy) is 3. The lowest BCUT2D eigenvalue weighted by atomic mass is 10.1.